The Kier molecular flexibility index (Phi) is 8.56. The first-order chi connectivity index (χ1) is 16.3. The number of piperazine rings is 1. The van der Waals surface area contributed by atoms with Crippen LogP contribution < -0.4 is 15.1 Å². The van der Waals surface area contributed by atoms with Gasteiger partial charge in [-0.3, -0.25) is 9.78 Å². The molecular weight excluding hydrogens is 468 g/mol. The van der Waals surface area contributed by atoms with E-state index in [1.807, 2.05) is 45.2 Å². The van der Waals surface area contributed by atoms with E-state index in [1.165, 1.54) is 0 Å². The Labute approximate surface area is 213 Å². The van der Waals surface area contributed by atoms with Crippen LogP contribution in [0.4, 0.5) is 16.3 Å². The summed E-state index contributed by atoms with van der Waals surface area (Å²) in [5, 5.41) is 3.34. The quantitative estimate of drug-likeness (QED) is 0.682. The summed E-state index contributed by atoms with van der Waals surface area (Å²) in [6.07, 6.45) is 3.64. The van der Waals surface area contributed by atoms with Gasteiger partial charge < -0.3 is 24.8 Å². The third-order valence-electron chi connectivity index (χ3n) is 6.46. The number of amides is 2. The summed E-state index contributed by atoms with van der Waals surface area (Å²) in [7, 11) is 1.75. The van der Waals surface area contributed by atoms with Crippen LogP contribution in [0.1, 0.15) is 45.7 Å². The lowest BCUT2D eigenvalue weighted by Crippen LogP contribution is -2.46. The van der Waals surface area contributed by atoms with Gasteiger partial charge in [-0.25, -0.2) is 9.78 Å². The van der Waals surface area contributed by atoms with Crippen LogP contribution in [0.2, 0.25) is 0 Å². The summed E-state index contributed by atoms with van der Waals surface area (Å²) >= 11 is 0. The number of carbonyl (C=O) groups is 2. The number of hydrogen-bond acceptors (Lipinski definition) is 7. The second-order valence-corrected chi connectivity index (χ2v) is 9.30. The van der Waals surface area contributed by atoms with E-state index in [2.05, 4.69) is 20.2 Å². The molecule has 35 heavy (non-hydrogen) atoms. The molecule has 4 rings (SSSR count). The number of fused-ring (bicyclic) bond motifs is 1. The van der Waals surface area contributed by atoms with Crippen molar-refractivity contribution in [3.63, 3.8) is 0 Å². The summed E-state index contributed by atoms with van der Waals surface area (Å²) in [6.45, 7) is 10.9. The number of anilines is 2. The van der Waals surface area contributed by atoms with Crippen molar-refractivity contribution in [1.82, 2.24) is 20.2 Å². The van der Waals surface area contributed by atoms with E-state index in [-0.39, 0.29) is 42.6 Å². The molecule has 0 aliphatic carbocycles. The zero-order chi connectivity index (χ0) is 24.4. The Morgan fingerprint density at radius 3 is 2.49 bits per heavy atom. The number of carbonyl (C=O) groups excluding carboxylic acids is 2. The average molecular weight is 503 g/mol. The molecule has 1 N–H and O–H groups in total. The van der Waals surface area contributed by atoms with Crippen LogP contribution >= 0.6 is 12.4 Å². The van der Waals surface area contributed by atoms with Crippen LogP contribution in [0.3, 0.4) is 0 Å². The molecule has 0 saturated carbocycles. The fourth-order valence-corrected chi connectivity index (χ4v) is 4.78. The van der Waals surface area contributed by atoms with Crippen molar-refractivity contribution >= 4 is 35.9 Å². The molecule has 2 aliphatic heterocycles. The number of aromatic nitrogens is 2. The number of halogens is 1. The number of rotatable bonds is 4. The number of nitrogens with one attached hydrogen (secondary N) is 1. The van der Waals surface area contributed by atoms with Crippen molar-refractivity contribution in [2.24, 2.45) is 0 Å². The lowest BCUT2D eigenvalue weighted by Gasteiger charge is -2.42. The van der Waals surface area contributed by atoms with E-state index in [1.54, 1.807) is 30.0 Å². The molecule has 0 unspecified atom stereocenters. The van der Waals surface area contributed by atoms with Crippen LogP contribution in [0.15, 0.2) is 30.6 Å². The molecular formula is C25H35ClN6O3. The molecule has 9 nitrogen and oxygen atoms in total. The largest absolute Gasteiger partial charge is 0.447 e. The minimum Gasteiger partial charge on any atom is -0.447 e. The topological polar surface area (TPSA) is 90.9 Å². The molecule has 2 atom stereocenters. The molecule has 2 aliphatic rings. The molecule has 2 amide bonds. The maximum atomic E-state index is 12.7. The van der Waals surface area contributed by atoms with Gasteiger partial charge in [0.15, 0.2) is 0 Å². The van der Waals surface area contributed by atoms with Crippen LogP contribution in [0, 0.1) is 0 Å². The van der Waals surface area contributed by atoms with E-state index in [0.717, 1.165) is 54.5 Å². The fraction of sp³-hybridized carbons (Fsp3) is 0.520. The molecule has 1 fully saturated rings. The first-order valence-electron chi connectivity index (χ1n) is 11.9. The summed E-state index contributed by atoms with van der Waals surface area (Å²) in [4.78, 5) is 40.2. The minimum atomic E-state index is -0.375. The SMILES string of the molecule is CC(=O)N1c2ccc(-c3cnc(N4CCNCC4)cn3)cc2[C@@H](N(C)C(=O)OC(C)C)C[C@H]1C.Cl. The van der Waals surface area contributed by atoms with E-state index in [4.69, 9.17) is 4.74 Å². The molecule has 1 aromatic carbocycles. The number of benzene rings is 1. The Morgan fingerprint density at radius 2 is 1.89 bits per heavy atom. The molecule has 1 saturated heterocycles. The molecule has 0 bridgehead atoms. The lowest BCUT2D eigenvalue weighted by molar-refractivity contribution is -0.117. The zero-order valence-corrected chi connectivity index (χ0v) is 21.8. The molecule has 0 spiro atoms. The van der Waals surface area contributed by atoms with Crippen molar-refractivity contribution in [2.45, 2.75) is 52.3 Å². The third-order valence-corrected chi connectivity index (χ3v) is 6.46. The molecule has 2 aromatic rings. The van der Waals surface area contributed by atoms with Crippen LogP contribution in [-0.2, 0) is 9.53 Å². The maximum absolute atomic E-state index is 12.7. The van der Waals surface area contributed by atoms with Gasteiger partial charge in [0.1, 0.15) is 5.82 Å². The monoisotopic (exact) mass is 502 g/mol. The van der Waals surface area contributed by atoms with Crippen LogP contribution in [0.25, 0.3) is 11.3 Å². The Bertz CT molecular complexity index is 1040. The Balaban J connectivity index is 0.00000342. The summed E-state index contributed by atoms with van der Waals surface area (Å²) in [5.41, 5.74) is 3.37. The number of nitrogens with zero attached hydrogens (tertiary/aromatic N) is 5. The number of hydrogen-bond donors (Lipinski definition) is 1. The lowest BCUT2D eigenvalue weighted by atomic mass is 9.89. The fourth-order valence-electron chi connectivity index (χ4n) is 4.78. The molecule has 190 valence electrons. The first kappa shape index (κ1) is 26.7. The summed E-state index contributed by atoms with van der Waals surface area (Å²) < 4.78 is 5.45. The van der Waals surface area contributed by atoms with Crippen molar-refractivity contribution < 1.29 is 14.3 Å². The summed E-state index contributed by atoms with van der Waals surface area (Å²) in [5.74, 6) is 0.848. The van der Waals surface area contributed by atoms with Gasteiger partial charge in [-0.2, -0.15) is 0 Å². The highest BCUT2D eigenvalue weighted by atomic mass is 35.5. The summed E-state index contributed by atoms with van der Waals surface area (Å²) in [6, 6.07) is 5.66. The average Bonchev–Trinajstić information content (AvgIpc) is 2.82. The van der Waals surface area contributed by atoms with Crippen molar-refractivity contribution in [1.29, 1.82) is 0 Å². The van der Waals surface area contributed by atoms with Gasteiger partial charge >= 0.3 is 6.09 Å². The van der Waals surface area contributed by atoms with Gasteiger partial charge in [0, 0.05) is 57.4 Å². The van der Waals surface area contributed by atoms with Gasteiger partial charge in [0.25, 0.3) is 0 Å². The van der Waals surface area contributed by atoms with E-state index < -0.39 is 0 Å². The predicted octanol–water partition coefficient (Wildman–Crippen LogP) is 3.64. The van der Waals surface area contributed by atoms with Gasteiger partial charge in [-0.05, 0) is 44.9 Å². The van der Waals surface area contributed by atoms with E-state index in [0.29, 0.717) is 6.42 Å². The first-order valence-corrected chi connectivity index (χ1v) is 11.9. The van der Waals surface area contributed by atoms with Gasteiger partial charge in [0.05, 0.1) is 30.2 Å². The van der Waals surface area contributed by atoms with Crippen LogP contribution in [0.5, 0.6) is 0 Å². The maximum Gasteiger partial charge on any atom is 0.410 e. The second-order valence-electron chi connectivity index (χ2n) is 9.30. The van der Waals surface area contributed by atoms with Crippen molar-refractivity contribution in [2.75, 3.05) is 43.0 Å². The van der Waals surface area contributed by atoms with Crippen LogP contribution in [-0.4, -0.2) is 72.2 Å². The molecule has 1 aromatic heterocycles. The Hall–Kier alpha value is -2.91. The number of ether oxygens (including phenoxy) is 1. The minimum absolute atomic E-state index is 0. The van der Waals surface area contributed by atoms with E-state index >= 15 is 0 Å². The zero-order valence-electron chi connectivity index (χ0n) is 21.0. The highest BCUT2D eigenvalue weighted by Crippen LogP contribution is 2.42. The van der Waals surface area contributed by atoms with E-state index in [9.17, 15) is 9.59 Å². The van der Waals surface area contributed by atoms with Gasteiger partial charge in [0.2, 0.25) is 5.91 Å². The normalized spacial score (nSPS) is 19.6. The third kappa shape index (κ3) is 5.67. The van der Waals surface area contributed by atoms with Crippen molar-refractivity contribution in [3.05, 3.63) is 36.2 Å². The predicted molar refractivity (Wildman–Crippen MR) is 139 cm³/mol. The van der Waals surface area contributed by atoms with Crippen molar-refractivity contribution in [3.8, 4) is 11.3 Å². The Morgan fingerprint density at radius 1 is 1.17 bits per heavy atom. The van der Waals surface area contributed by atoms with Gasteiger partial charge in [-0.15, -0.1) is 12.4 Å². The molecule has 0 radical (unpaired) electrons. The standard InChI is InChI=1S/C25H34N6O3.ClH/c1-16(2)34-25(33)29(5)23-12-17(3)31(18(4)32)22-7-6-19(13-20(22)23)21-14-28-24(15-27-21)30-10-8-26-9-11-30;/h6-7,13-17,23,26H,8-12H2,1-5H3;1H/t17-,23+;/m1./s1. The molecule has 10 heteroatoms. The molecule has 3 heterocycles. The smallest absolute Gasteiger partial charge is 0.410 e. The van der Waals surface area contributed by atoms with Gasteiger partial charge in [-0.1, -0.05) is 6.07 Å². The highest BCUT2D eigenvalue weighted by Gasteiger charge is 2.36. The second kappa shape index (κ2) is 11.2. The highest BCUT2D eigenvalue weighted by molar-refractivity contribution is 5.94.